The van der Waals surface area contributed by atoms with Crippen LogP contribution in [0, 0.1) is 5.92 Å². The number of methoxy groups -OCH3 is 1. The molecular weight excluding hydrogens is 396 g/mol. The van der Waals surface area contributed by atoms with E-state index in [1.54, 1.807) is 37.6 Å². The van der Waals surface area contributed by atoms with Crippen molar-refractivity contribution in [3.05, 3.63) is 60.5 Å². The molecule has 1 aliphatic rings. The van der Waals surface area contributed by atoms with E-state index in [4.69, 9.17) is 9.15 Å². The lowest BCUT2D eigenvalue weighted by Crippen LogP contribution is -2.30. The van der Waals surface area contributed by atoms with Crippen molar-refractivity contribution in [2.45, 2.75) is 19.3 Å². The number of ether oxygens (including phenoxy) is 1. The summed E-state index contributed by atoms with van der Waals surface area (Å²) in [6.45, 7) is 0.401. The van der Waals surface area contributed by atoms with E-state index in [1.807, 2.05) is 24.3 Å². The van der Waals surface area contributed by atoms with Crippen molar-refractivity contribution in [2.24, 2.45) is 5.92 Å². The van der Waals surface area contributed by atoms with Gasteiger partial charge in [-0.3, -0.25) is 4.79 Å². The molecule has 1 aromatic heterocycles. The molecule has 0 radical (unpaired) electrons. The SMILES string of the molecule is COc1ccc(-c2nc(CCNC(=O)Nc3cccc(NC(=O)C4CC4)c3)co2)cc1. The van der Waals surface area contributed by atoms with Gasteiger partial charge < -0.3 is 25.1 Å². The Balaban J connectivity index is 1.24. The molecule has 1 heterocycles. The van der Waals surface area contributed by atoms with Gasteiger partial charge in [0.1, 0.15) is 12.0 Å². The molecule has 3 amide bonds. The molecule has 3 N–H and O–H groups in total. The van der Waals surface area contributed by atoms with E-state index < -0.39 is 0 Å². The minimum Gasteiger partial charge on any atom is -0.497 e. The molecule has 0 spiro atoms. The van der Waals surface area contributed by atoms with Gasteiger partial charge in [0.15, 0.2) is 0 Å². The molecule has 8 heteroatoms. The largest absolute Gasteiger partial charge is 0.497 e. The summed E-state index contributed by atoms with van der Waals surface area (Å²) in [5, 5.41) is 8.44. The summed E-state index contributed by atoms with van der Waals surface area (Å²) >= 11 is 0. The monoisotopic (exact) mass is 420 g/mol. The number of carbonyl (C=O) groups is 2. The van der Waals surface area contributed by atoms with Crippen LogP contribution in [0.25, 0.3) is 11.5 Å². The number of carbonyl (C=O) groups excluding carboxylic acids is 2. The standard InChI is InChI=1S/C23H24N4O4/c1-30-20-9-7-16(8-10-20)22-26-19(14-31-22)11-12-24-23(29)27-18-4-2-3-17(13-18)25-21(28)15-5-6-15/h2-4,7-10,13-15H,5-6,11-12H2,1H3,(H,25,28)(H2,24,27,29). The number of aromatic nitrogens is 1. The fourth-order valence-electron chi connectivity index (χ4n) is 3.03. The van der Waals surface area contributed by atoms with Gasteiger partial charge in [0.05, 0.1) is 12.8 Å². The van der Waals surface area contributed by atoms with Crippen molar-refractivity contribution >= 4 is 23.3 Å². The minimum atomic E-state index is -0.329. The number of nitrogens with one attached hydrogen (secondary N) is 3. The second-order valence-electron chi connectivity index (χ2n) is 7.35. The van der Waals surface area contributed by atoms with Gasteiger partial charge in [-0.25, -0.2) is 9.78 Å². The molecule has 160 valence electrons. The van der Waals surface area contributed by atoms with Crippen molar-refractivity contribution < 1.29 is 18.7 Å². The second kappa shape index (κ2) is 9.34. The molecule has 1 saturated carbocycles. The molecular formula is C23H24N4O4. The molecule has 0 unspecified atom stereocenters. The number of hydrogen-bond donors (Lipinski definition) is 3. The first kappa shape index (κ1) is 20.5. The summed E-state index contributed by atoms with van der Waals surface area (Å²) < 4.78 is 10.7. The third kappa shape index (κ3) is 5.63. The first-order valence-corrected chi connectivity index (χ1v) is 10.2. The van der Waals surface area contributed by atoms with Crippen molar-refractivity contribution in [2.75, 3.05) is 24.3 Å². The highest BCUT2D eigenvalue weighted by atomic mass is 16.5. The first-order valence-electron chi connectivity index (χ1n) is 10.2. The molecule has 0 atom stereocenters. The highest BCUT2D eigenvalue weighted by Crippen LogP contribution is 2.30. The summed E-state index contributed by atoms with van der Waals surface area (Å²) in [7, 11) is 1.62. The van der Waals surface area contributed by atoms with Crippen molar-refractivity contribution in [3.63, 3.8) is 0 Å². The molecule has 31 heavy (non-hydrogen) atoms. The molecule has 4 rings (SSSR count). The van der Waals surface area contributed by atoms with Crippen LogP contribution in [-0.2, 0) is 11.2 Å². The molecule has 1 aliphatic carbocycles. The molecule has 0 saturated heterocycles. The van der Waals surface area contributed by atoms with Crippen LogP contribution < -0.4 is 20.7 Å². The predicted octanol–water partition coefficient (Wildman–Crippen LogP) is 4.06. The maximum Gasteiger partial charge on any atom is 0.319 e. The second-order valence-corrected chi connectivity index (χ2v) is 7.35. The molecule has 3 aromatic rings. The number of oxazole rings is 1. The normalized spacial score (nSPS) is 12.8. The summed E-state index contributed by atoms with van der Waals surface area (Å²) in [6.07, 6.45) is 4.01. The van der Waals surface area contributed by atoms with Crippen LogP contribution in [-0.4, -0.2) is 30.6 Å². The van der Waals surface area contributed by atoms with Gasteiger partial charge in [-0.05, 0) is 55.3 Å². The van der Waals surface area contributed by atoms with E-state index in [0.717, 1.165) is 29.8 Å². The van der Waals surface area contributed by atoms with Crippen LogP contribution in [0.5, 0.6) is 5.75 Å². The van der Waals surface area contributed by atoms with Gasteiger partial charge >= 0.3 is 6.03 Å². The smallest absolute Gasteiger partial charge is 0.319 e. The number of amides is 3. The van der Waals surface area contributed by atoms with Gasteiger partial charge in [-0.15, -0.1) is 0 Å². The van der Waals surface area contributed by atoms with Crippen LogP contribution in [0.1, 0.15) is 18.5 Å². The summed E-state index contributed by atoms with van der Waals surface area (Å²) in [6, 6.07) is 14.2. The van der Waals surface area contributed by atoms with Crippen LogP contribution >= 0.6 is 0 Å². The van der Waals surface area contributed by atoms with E-state index in [9.17, 15) is 9.59 Å². The Morgan fingerprint density at radius 1 is 1.10 bits per heavy atom. The maximum atomic E-state index is 12.2. The minimum absolute atomic E-state index is 0.0308. The Bertz CT molecular complexity index is 1060. The molecule has 0 aliphatic heterocycles. The Kier molecular flexibility index (Phi) is 6.16. The van der Waals surface area contributed by atoms with Crippen LogP contribution in [0.15, 0.2) is 59.2 Å². The Morgan fingerprint density at radius 2 is 1.84 bits per heavy atom. The van der Waals surface area contributed by atoms with Crippen molar-refractivity contribution in [1.29, 1.82) is 0 Å². The third-order valence-corrected chi connectivity index (χ3v) is 4.89. The van der Waals surface area contributed by atoms with Gasteiger partial charge in [0.2, 0.25) is 11.8 Å². The van der Waals surface area contributed by atoms with Gasteiger partial charge in [-0.2, -0.15) is 0 Å². The fourth-order valence-corrected chi connectivity index (χ4v) is 3.03. The van der Waals surface area contributed by atoms with Crippen LogP contribution in [0.3, 0.4) is 0 Å². The van der Waals surface area contributed by atoms with E-state index >= 15 is 0 Å². The molecule has 8 nitrogen and oxygen atoms in total. The van der Waals surface area contributed by atoms with E-state index in [1.165, 1.54) is 0 Å². The number of rotatable bonds is 8. The number of anilines is 2. The number of hydrogen-bond acceptors (Lipinski definition) is 5. The highest BCUT2D eigenvalue weighted by molar-refractivity contribution is 5.95. The number of nitrogens with zero attached hydrogens (tertiary/aromatic N) is 1. The molecule has 2 aromatic carbocycles. The molecule has 1 fully saturated rings. The maximum absolute atomic E-state index is 12.2. The van der Waals surface area contributed by atoms with Crippen molar-refractivity contribution in [1.82, 2.24) is 10.3 Å². The van der Waals surface area contributed by atoms with E-state index in [0.29, 0.717) is 30.2 Å². The zero-order valence-electron chi connectivity index (χ0n) is 17.2. The Morgan fingerprint density at radius 3 is 2.55 bits per heavy atom. The van der Waals surface area contributed by atoms with Crippen molar-refractivity contribution in [3.8, 4) is 17.2 Å². The highest BCUT2D eigenvalue weighted by Gasteiger charge is 2.29. The third-order valence-electron chi connectivity index (χ3n) is 4.89. The summed E-state index contributed by atoms with van der Waals surface area (Å²) in [4.78, 5) is 28.5. The van der Waals surface area contributed by atoms with Gasteiger partial charge in [0, 0.05) is 35.8 Å². The summed E-state index contributed by atoms with van der Waals surface area (Å²) in [5.74, 6) is 1.44. The lowest BCUT2D eigenvalue weighted by atomic mass is 10.2. The van der Waals surface area contributed by atoms with Gasteiger partial charge in [0.25, 0.3) is 0 Å². The fraction of sp³-hybridized carbons (Fsp3) is 0.261. The van der Waals surface area contributed by atoms with E-state index in [2.05, 4.69) is 20.9 Å². The average Bonchev–Trinajstić information content (AvgIpc) is 3.53. The topological polar surface area (TPSA) is 105 Å². The zero-order chi connectivity index (χ0) is 21.6. The first-order chi connectivity index (χ1) is 15.1. The zero-order valence-corrected chi connectivity index (χ0v) is 17.2. The Hall–Kier alpha value is -3.81. The molecule has 0 bridgehead atoms. The predicted molar refractivity (Wildman–Crippen MR) is 117 cm³/mol. The lowest BCUT2D eigenvalue weighted by molar-refractivity contribution is -0.117. The summed E-state index contributed by atoms with van der Waals surface area (Å²) in [5.41, 5.74) is 2.87. The quantitative estimate of drug-likeness (QED) is 0.510. The Labute approximate surface area is 180 Å². The van der Waals surface area contributed by atoms with Crippen LogP contribution in [0.4, 0.5) is 16.2 Å². The van der Waals surface area contributed by atoms with Gasteiger partial charge in [-0.1, -0.05) is 6.07 Å². The lowest BCUT2D eigenvalue weighted by Gasteiger charge is -2.09. The van der Waals surface area contributed by atoms with Crippen LogP contribution in [0.2, 0.25) is 0 Å². The number of urea groups is 1. The van der Waals surface area contributed by atoms with E-state index in [-0.39, 0.29) is 17.9 Å². The average molecular weight is 420 g/mol. The number of benzene rings is 2.